The van der Waals surface area contributed by atoms with Crippen LogP contribution in [0.25, 0.3) is 22.0 Å². The minimum Gasteiger partial charge on any atom is -0.484 e. The van der Waals surface area contributed by atoms with Crippen molar-refractivity contribution in [3.8, 4) is 17.0 Å². The highest BCUT2D eigenvalue weighted by atomic mass is 19.1. The molecule has 6 nitrogen and oxygen atoms in total. The number of ether oxygens (including phenoxy) is 1. The summed E-state index contributed by atoms with van der Waals surface area (Å²) < 4.78 is 18.7. The molecule has 4 aromatic rings. The van der Waals surface area contributed by atoms with E-state index in [9.17, 15) is 9.18 Å². The van der Waals surface area contributed by atoms with Crippen LogP contribution in [0.5, 0.6) is 5.75 Å². The Morgan fingerprint density at radius 1 is 0.848 bits per heavy atom. The van der Waals surface area contributed by atoms with Crippen molar-refractivity contribution in [2.45, 2.75) is 0 Å². The fourth-order valence-electron chi connectivity index (χ4n) is 3.97. The summed E-state index contributed by atoms with van der Waals surface area (Å²) in [6.07, 6.45) is 0. The molecule has 0 radical (unpaired) electrons. The van der Waals surface area contributed by atoms with Crippen molar-refractivity contribution in [1.82, 2.24) is 15.1 Å². The van der Waals surface area contributed by atoms with Gasteiger partial charge in [0.25, 0.3) is 5.91 Å². The van der Waals surface area contributed by atoms with Crippen molar-refractivity contribution < 1.29 is 13.9 Å². The molecule has 1 aliphatic heterocycles. The highest BCUT2D eigenvalue weighted by Gasteiger charge is 2.22. The number of halogens is 1. The van der Waals surface area contributed by atoms with Crippen molar-refractivity contribution >= 4 is 22.5 Å². The molecule has 5 rings (SSSR count). The Balaban J connectivity index is 1.17. The number of aromatic nitrogens is 2. The van der Waals surface area contributed by atoms with Gasteiger partial charge in [-0.1, -0.05) is 42.5 Å². The van der Waals surface area contributed by atoms with Crippen LogP contribution in [0.4, 0.5) is 10.2 Å². The molecule has 0 aliphatic carbocycles. The second-order valence-electron chi connectivity index (χ2n) is 7.95. The quantitative estimate of drug-likeness (QED) is 0.465. The maximum atomic E-state index is 13.2. The number of carbonyl (C=O) groups is 1. The van der Waals surface area contributed by atoms with Gasteiger partial charge in [-0.25, -0.2) is 4.39 Å². The van der Waals surface area contributed by atoms with Crippen molar-refractivity contribution in [3.63, 3.8) is 0 Å². The molecule has 0 N–H and O–H groups in total. The van der Waals surface area contributed by atoms with Crippen molar-refractivity contribution in [1.29, 1.82) is 0 Å². The number of carbonyl (C=O) groups excluding carboxylic acids is 1. The Kier molecular flexibility index (Phi) is 5.85. The van der Waals surface area contributed by atoms with Gasteiger partial charge in [0, 0.05) is 37.8 Å². The maximum absolute atomic E-state index is 13.2. The molecule has 1 aliphatic rings. The van der Waals surface area contributed by atoms with Gasteiger partial charge in [-0.05, 0) is 41.1 Å². The zero-order valence-electron chi connectivity index (χ0n) is 18.0. The molecule has 1 aromatic heterocycles. The third-order valence-corrected chi connectivity index (χ3v) is 5.81. The molecular formula is C26H23FN4O2. The number of anilines is 1. The summed E-state index contributed by atoms with van der Waals surface area (Å²) in [6, 6.07) is 24.3. The summed E-state index contributed by atoms with van der Waals surface area (Å²) in [5.41, 5.74) is 1.86. The Hall–Kier alpha value is -4.00. The fraction of sp³-hybridized carbons (Fsp3) is 0.192. The van der Waals surface area contributed by atoms with E-state index in [-0.39, 0.29) is 18.3 Å². The molecular weight excluding hydrogens is 419 g/mol. The molecule has 0 unspecified atom stereocenters. The predicted octanol–water partition coefficient (Wildman–Crippen LogP) is 4.16. The molecule has 0 atom stereocenters. The number of hydrogen-bond acceptors (Lipinski definition) is 5. The number of benzene rings is 3. The van der Waals surface area contributed by atoms with Crippen LogP contribution in [-0.4, -0.2) is 53.8 Å². The lowest BCUT2D eigenvalue weighted by molar-refractivity contribution is -0.133. The average molecular weight is 442 g/mol. The molecule has 1 fully saturated rings. The topological polar surface area (TPSA) is 58.6 Å². The number of amides is 1. The van der Waals surface area contributed by atoms with Crippen LogP contribution >= 0.6 is 0 Å². The maximum Gasteiger partial charge on any atom is 0.260 e. The van der Waals surface area contributed by atoms with Crippen molar-refractivity contribution in [3.05, 3.63) is 84.7 Å². The van der Waals surface area contributed by atoms with Crippen LogP contribution in [0.2, 0.25) is 0 Å². The van der Waals surface area contributed by atoms with Gasteiger partial charge in [0.15, 0.2) is 12.4 Å². The van der Waals surface area contributed by atoms with E-state index in [1.807, 2.05) is 24.3 Å². The van der Waals surface area contributed by atoms with Crippen LogP contribution in [0, 0.1) is 5.82 Å². The van der Waals surface area contributed by atoms with Gasteiger partial charge in [0.05, 0.1) is 5.69 Å². The summed E-state index contributed by atoms with van der Waals surface area (Å²) in [7, 11) is 0. The summed E-state index contributed by atoms with van der Waals surface area (Å²) in [5.74, 6) is 0.643. The van der Waals surface area contributed by atoms with Crippen LogP contribution in [0.15, 0.2) is 78.9 Å². The Bertz CT molecular complexity index is 1270. The second kappa shape index (κ2) is 9.24. The lowest BCUT2D eigenvalue weighted by Gasteiger charge is -2.35. The zero-order chi connectivity index (χ0) is 22.6. The lowest BCUT2D eigenvalue weighted by atomic mass is 10.1. The SMILES string of the molecule is O=C(COc1cccc(F)c1)N1CCN(c2ccc(-c3ccc4ccccc4c3)nn2)CC1. The Morgan fingerprint density at radius 2 is 1.67 bits per heavy atom. The number of hydrogen-bond donors (Lipinski definition) is 0. The van der Waals surface area contributed by atoms with Crippen LogP contribution in [-0.2, 0) is 4.79 Å². The average Bonchev–Trinajstić information content (AvgIpc) is 2.87. The summed E-state index contributed by atoms with van der Waals surface area (Å²) in [4.78, 5) is 16.3. The van der Waals surface area contributed by atoms with Gasteiger partial charge in [-0.2, -0.15) is 0 Å². The highest BCUT2D eigenvalue weighted by molar-refractivity contribution is 5.86. The first kappa shape index (κ1) is 20.9. The molecule has 7 heteroatoms. The first-order valence-electron chi connectivity index (χ1n) is 10.9. The number of piperazine rings is 1. The summed E-state index contributed by atoms with van der Waals surface area (Å²) >= 11 is 0. The first-order valence-corrected chi connectivity index (χ1v) is 10.9. The Labute approximate surface area is 191 Å². The van der Waals surface area contributed by atoms with Crippen LogP contribution in [0.3, 0.4) is 0 Å². The van der Waals surface area contributed by atoms with E-state index in [4.69, 9.17) is 4.74 Å². The van der Waals surface area contributed by atoms with E-state index >= 15 is 0 Å². The monoisotopic (exact) mass is 442 g/mol. The summed E-state index contributed by atoms with van der Waals surface area (Å²) in [5, 5.41) is 11.2. The van der Waals surface area contributed by atoms with Gasteiger partial charge in [-0.3, -0.25) is 4.79 Å². The smallest absolute Gasteiger partial charge is 0.260 e. The van der Waals surface area contributed by atoms with Gasteiger partial charge < -0.3 is 14.5 Å². The molecule has 0 spiro atoms. The molecule has 3 aromatic carbocycles. The van der Waals surface area contributed by atoms with Gasteiger partial charge in [-0.15, -0.1) is 10.2 Å². The normalized spacial score (nSPS) is 13.8. The minimum atomic E-state index is -0.388. The van der Waals surface area contributed by atoms with E-state index < -0.39 is 0 Å². The number of rotatable bonds is 5. The molecule has 1 saturated heterocycles. The second-order valence-corrected chi connectivity index (χ2v) is 7.95. The lowest BCUT2D eigenvalue weighted by Crippen LogP contribution is -2.50. The fourth-order valence-corrected chi connectivity index (χ4v) is 3.97. The first-order chi connectivity index (χ1) is 16.2. The molecule has 33 heavy (non-hydrogen) atoms. The van der Waals surface area contributed by atoms with E-state index in [2.05, 4.69) is 45.4 Å². The highest BCUT2D eigenvalue weighted by Crippen LogP contribution is 2.24. The Morgan fingerprint density at radius 3 is 2.42 bits per heavy atom. The largest absolute Gasteiger partial charge is 0.484 e. The number of nitrogens with zero attached hydrogens (tertiary/aromatic N) is 4. The van der Waals surface area contributed by atoms with E-state index in [1.165, 1.54) is 22.9 Å². The van der Waals surface area contributed by atoms with Crippen molar-refractivity contribution in [2.24, 2.45) is 0 Å². The number of fused-ring (bicyclic) bond motifs is 1. The van der Waals surface area contributed by atoms with E-state index in [0.29, 0.717) is 31.9 Å². The van der Waals surface area contributed by atoms with Gasteiger partial charge >= 0.3 is 0 Å². The van der Waals surface area contributed by atoms with E-state index in [0.717, 1.165) is 17.1 Å². The van der Waals surface area contributed by atoms with Gasteiger partial charge in [0.2, 0.25) is 0 Å². The van der Waals surface area contributed by atoms with Crippen LogP contribution < -0.4 is 9.64 Å². The van der Waals surface area contributed by atoms with Gasteiger partial charge in [0.1, 0.15) is 11.6 Å². The molecule has 2 heterocycles. The molecule has 166 valence electrons. The van der Waals surface area contributed by atoms with Crippen LogP contribution in [0.1, 0.15) is 0 Å². The predicted molar refractivity (Wildman–Crippen MR) is 126 cm³/mol. The zero-order valence-corrected chi connectivity index (χ0v) is 18.0. The van der Waals surface area contributed by atoms with E-state index in [1.54, 1.807) is 17.0 Å². The molecule has 1 amide bonds. The third kappa shape index (κ3) is 4.77. The van der Waals surface area contributed by atoms with Crippen molar-refractivity contribution in [2.75, 3.05) is 37.7 Å². The molecule has 0 bridgehead atoms. The minimum absolute atomic E-state index is 0.107. The third-order valence-electron chi connectivity index (χ3n) is 5.81. The standard InChI is InChI=1S/C26H23FN4O2/c27-22-6-3-7-23(17-22)33-18-26(32)31-14-12-30(13-15-31)25-11-10-24(28-29-25)21-9-8-19-4-1-2-5-20(19)16-21/h1-11,16-17H,12-15,18H2. The summed E-state index contributed by atoms with van der Waals surface area (Å²) in [6.45, 7) is 2.36. The molecule has 0 saturated carbocycles.